The predicted molar refractivity (Wildman–Crippen MR) is 104 cm³/mol. The van der Waals surface area contributed by atoms with Crippen molar-refractivity contribution < 1.29 is 14.3 Å². The molecule has 0 spiro atoms. The van der Waals surface area contributed by atoms with E-state index in [2.05, 4.69) is 0 Å². The largest absolute Gasteiger partial charge is 0.376 e. The molecular weight excluding hydrogens is 348 g/mol. The Kier molecular flexibility index (Phi) is 5.50. The molecule has 2 amide bonds. The second-order valence-corrected chi connectivity index (χ2v) is 8.46. The summed E-state index contributed by atoms with van der Waals surface area (Å²) in [6.07, 6.45) is 4.81. The molecule has 140 valence electrons. The molecule has 4 rings (SSSR count). The average Bonchev–Trinajstić information content (AvgIpc) is 3.41. The van der Waals surface area contributed by atoms with Crippen molar-refractivity contribution in [2.24, 2.45) is 0 Å². The van der Waals surface area contributed by atoms with Gasteiger partial charge in [0.15, 0.2) is 0 Å². The van der Waals surface area contributed by atoms with Gasteiger partial charge in [0.1, 0.15) is 0 Å². The Morgan fingerprint density at radius 2 is 2.23 bits per heavy atom. The predicted octanol–water partition coefficient (Wildman–Crippen LogP) is 2.94. The van der Waals surface area contributed by atoms with Crippen LogP contribution in [0.3, 0.4) is 0 Å². The third kappa shape index (κ3) is 3.76. The number of nitrogens with zero attached hydrogens (tertiary/aromatic N) is 2. The molecule has 0 N–H and O–H groups in total. The minimum Gasteiger partial charge on any atom is -0.376 e. The lowest BCUT2D eigenvalue weighted by Gasteiger charge is -2.31. The van der Waals surface area contributed by atoms with E-state index in [1.807, 2.05) is 40.9 Å². The summed E-state index contributed by atoms with van der Waals surface area (Å²) in [7, 11) is 0. The number of benzene rings is 1. The van der Waals surface area contributed by atoms with E-state index in [1.165, 1.54) is 0 Å². The second kappa shape index (κ2) is 8.01. The molecule has 0 aromatic heterocycles. The number of rotatable bonds is 5. The standard InChI is InChI=1S/C20H26N2O3S/c23-19-7-2-9-21(19)16-5-1-4-15(12-16)20(24)22(17-8-11-26-14-17)13-18-6-3-10-25-18/h1,4-5,12,17-18H,2-3,6-11,13-14H2. The first-order valence-electron chi connectivity index (χ1n) is 9.63. The molecule has 3 aliphatic rings. The second-order valence-electron chi connectivity index (χ2n) is 7.31. The summed E-state index contributed by atoms with van der Waals surface area (Å²) in [5, 5.41) is 0. The van der Waals surface area contributed by atoms with Crippen LogP contribution in [0, 0.1) is 0 Å². The smallest absolute Gasteiger partial charge is 0.254 e. The highest BCUT2D eigenvalue weighted by Crippen LogP contribution is 2.28. The van der Waals surface area contributed by atoms with Crippen molar-refractivity contribution in [3.8, 4) is 0 Å². The van der Waals surface area contributed by atoms with Crippen LogP contribution in [0.25, 0.3) is 0 Å². The number of carbonyl (C=O) groups excluding carboxylic acids is 2. The summed E-state index contributed by atoms with van der Waals surface area (Å²) in [4.78, 5) is 29.2. The van der Waals surface area contributed by atoms with Gasteiger partial charge in [0.25, 0.3) is 5.91 Å². The van der Waals surface area contributed by atoms with Crippen molar-refractivity contribution in [3.05, 3.63) is 29.8 Å². The summed E-state index contributed by atoms with van der Waals surface area (Å²) in [5.74, 6) is 2.34. The first-order valence-corrected chi connectivity index (χ1v) is 10.8. The SMILES string of the molecule is O=C1CCCN1c1cccc(C(=O)N(CC2CCCO2)C2CCSC2)c1. The molecule has 3 fully saturated rings. The van der Waals surface area contributed by atoms with Crippen LogP contribution >= 0.6 is 11.8 Å². The lowest BCUT2D eigenvalue weighted by atomic mass is 10.1. The number of hydrogen-bond acceptors (Lipinski definition) is 4. The van der Waals surface area contributed by atoms with E-state index in [-0.39, 0.29) is 24.0 Å². The third-order valence-corrected chi connectivity index (χ3v) is 6.65. The van der Waals surface area contributed by atoms with Crippen LogP contribution in [0.15, 0.2) is 24.3 Å². The maximum absolute atomic E-state index is 13.3. The summed E-state index contributed by atoms with van der Waals surface area (Å²) in [5.41, 5.74) is 1.52. The van der Waals surface area contributed by atoms with Gasteiger partial charge in [-0.1, -0.05) is 6.07 Å². The Morgan fingerprint density at radius 1 is 1.31 bits per heavy atom. The molecular formula is C20H26N2O3S. The minimum atomic E-state index is 0.0708. The van der Waals surface area contributed by atoms with E-state index in [4.69, 9.17) is 4.74 Å². The summed E-state index contributed by atoms with van der Waals surface area (Å²) < 4.78 is 5.79. The van der Waals surface area contributed by atoms with Gasteiger partial charge in [-0.15, -0.1) is 0 Å². The Balaban J connectivity index is 1.55. The van der Waals surface area contributed by atoms with Crippen molar-refractivity contribution >= 4 is 29.3 Å². The average molecular weight is 375 g/mol. The maximum Gasteiger partial charge on any atom is 0.254 e. The van der Waals surface area contributed by atoms with Crippen molar-refractivity contribution in [2.45, 2.75) is 44.2 Å². The summed E-state index contributed by atoms with van der Waals surface area (Å²) in [6.45, 7) is 2.23. The molecule has 1 aromatic rings. The van der Waals surface area contributed by atoms with E-state index in [1.54, 1.807) is 4.90 Å². The molecule has 0 bridgehead atoms. The monoisotopic (exact) mass is 374 g/mol. The molecule has 3 heterocycles. The Hall–Kier alpha value is -1.53. The van der Waals surface area contributed by atoms with Crippen LogP contribution in [-0.2, 0) is 9.53 Å². The van der Waals surface area contributed by atoms with Gasteiger partial charge in [-0.3, -0.25) is 9.59 Å². The zero-order chi connectivity index (χ0) is 17.9. The van der Waals surface area contributed by atoms with E-state index >= 15 is 0 Å². The van der Waals surface area contributed by atoms with Gasteiger partial charge in [-0.05, 0) is 49.6 Å². The topological polar surface area (TPSA) is 49.9 Å². The lowest BCUT2D eigenvalue weighted by molar-refractivity contribution is -0.117. The van der Waals surface area contributed by atoms with Gasteiger partial charge in [-0.25, -0.2) is 0 Å². The van der Waals surface area contributed by atoms with Crippen LogP contribution in [-0.4, -0.2) is 60.1 Å². The Labute approximate surface area is 159 Å². The Bertz CT molecular complexity index is 669. The van der Waals surface area contributed by atoms with E-state index < -0.39 is 0 Å². The minimum absolute atomic E-state index is 0.0708. The molecule has 0 saturated carbocycles. The van der Waals surface area contributed by atoms with E-state index in [9.17, 15) is 9.59 Å². The first kappa shape index (κ1) is 17.9. The highest BCUT2D eigenvalue weighted by Gasteiger charge is 2.31. The third-order valence-electron chi connectivity index (χ3n) is 5.51. The molecule has 2 unspecified atom stereocenters. The van der Waals surface area contributed by atoms with Crippen molar-refractivity contribution in [1.29, 1.82) is 0 Å². The fraction of sp³-hybridized carbons (Fsp3) is 0.600. The normalized spacial score (nSPS) is 25.8. The van der Waals surface area contributed by atoms with Gasteiger partial charge in [0.2, 0.25) is 5.91 Å². The number of ether oxygens (including phenoxy) is 1. The maximum atomic E-state index is 13.3. The van der Waals surface area contributed by atoms with Gasteiger partial charge >= 0.3 is 0 Å². The highest BCUT2D eigenvalue weighted by molar-refractivity contribution is 7.99. The van der Waals surface area contributed by atoms with Gasteiger partial charge in [0, 0.05) is 49.2 Å². The van der Waals surface area contributed by atoms with Gasteiger partial charge in [-0.2, -0.15) is 11.8 Å². The molecule has 3 saturated heterocycles. The number of thioether (sulfide) groups is 1. The van der Waals surface area contributed by atoms with Gasteiger partial charge < -0.3 is 14.5 Å². The number of hydrogen-bond donors (Lipinski definition) is 0. The summed E-state index contributed by atoms with van der Waals surface area (Å²) >= 11 is 1.92. The fourth-order valence-electron chi connectivity index (χ4n) is 4.07. The zero-order valence-electron chi connectivity index (χ0n) is 15.1. The lowest BCUT2D eigenvalue weighted by Crippen LogP contribution is -2.44. The number of anilines is 1. The Morgan fingerprint density at radius 3 is 2.92 bits per heavy atom. The van der Waals surface area contributed by atoms with Crippen LogP contribution in [0.5, 0.6) is 0 Å². The fourth-order valence-corrected chi connectivity index (χ4v) is 5.29. The number of amides is 2. The number of carbonyl (C=O) groups is 2. The van der Waals surface area contributed by atoms with Crippen molar-refractivity contribution in [1.82, 2.24) is 4.90 Å². The van der Waals surface area contributed by atoms with E-state index in [0.29, 0.717) is 18.5 Å². The van der Waals surface area contributed by atoms with E-state index in [0.717, 1.165) is 56.0 Å². The van der Waals surface area contributed by atoms with Crippen LogP contribution < -0.4 is 4.90 Å². The molecule has 5 nitrogen and oxygen atoms in total. The molecule has 6 heteroatoms. The highest BCUT2D eigenvalue weighted by atomic mass is 32.2. The molecule has 0 radical (unpaired) electrons. The molecule has 26 heavy (non-hydrogen) atoms. The van der Waals surface area contributed by atoms with Crippen LogP contribution in [0.2, 0.25) is 0 Å². The zero-order valence-corrected chi connectivity index (χ0v) is 15.9. The quantitative estimate of drug-likeness (QED) is 0.795. The first-order chi connectivity index (χ1) is 12.7. The molecule has 1 aromatic carbocycles. The van der Waals surface area contributed by atoms with Crippen molar-refractivity contribution in [2.75, 3.05) is 36.1 Å². The molecule has 3 aliphatic heterocycles. The molecule has 0 aliphatic carbocycles. The van der Waals surface area contributed by atoms with Crippen molar-refractivity contribution in [3.63, 3.8) is 0 Å². The summed E-state index contributed by atoms with van der Waals surface area (Å²) in [6, 6.07) is 7.86. The van der Waals surface area contributed by atoms with Gasteiger partial charge in [0.05, 0.1) is 6.10 Å². The van der Waals surface area contributed by atoms with Crippen LogP contribution in [0.4, 0.5) is 5.69 Å². The van der Waals surface area contributed by atoms with Crippen LogP contribution in [0.1, 0.15) is 42.5 Å². The molecule has 2 atom stereocenters.